The van der Waals surface area contributed by atoms with Crippen molar-refractivity contribution in [2.45, 2.75) is 18.2 Å². The first-order chi connectivity index (χ1) is 11.3. The third-order valence-electron chi connectivity index (χ3n) is 4.51. The Morgan fingerprint density at radius 1 is 1.04 bits per heavy atom. The molecule has 2 aromatic carbocycles. The van der Waals surface area contributed by atoms with Crippen LogP contribution in [0.5, 0.6) is 0 Å². The van der Waals surface area contributed by atoms with E-state index in [1.165, 1.54) is 0 Å². The highest BCUT2D eigenvalue weighted by Crippen LogP contribution is 2.35. The number of aliphatic hydroxyl groups is 1. The van der Waals surface area contributed by atoms with Crippen LogP contribution in [-0.2, 0) is 4.74 Å². The van der Waals surface area contributed by atoms with Crippen molar-refractivity contribution in [2.24, 2.45) is 5.11 Å². The fraction of sp³-hybridized carbons (Fsp3) is 0.294. The summed E-state index contributed by atoms with van der Waals surface area (Å²) in [4.78, 5) is 2.83. The number of fused-ring (bicyclic) bond motifs is 3. The Hall–Kier alpha value is -2.53. The number of para-hydroxylation sites is 2. The standard InChI is InChI=1S/C17H16N4O2/c18-20-19-13-9-23-10-16(17(13)22)21-14-7-3-1-5-11(14)12-6-2-4-8-15(12)21/h1-8,13,16-17,22H,9-10H2. The van der Waals surface area contributed by atoms with E-state index in [4.69, 9.17) is 10.3 Å². The van der Waals surface area contributed by atoms with E-state index >= 15 is 0 Å². The molecule has 0 spiro atoms. The van der Waals surface area contributed by atoms with Gasteiger partial charge in [-0.2, -0.15) is 0 Å². The summed E-state index contributed by atoms with van der Waals surface area (Å²) in [6.07, 6.45) is -0.779. The van der Waals surface area contributed by atoms with Crippen LogP contribution in [0.15, 0.2) is 53.6 Å². The lowest BCUT2D eigenvalue weighted by Gasteiger charge is -2.34. The van der Waals surface area contributed by atoms with E-state index in [-0.39, 0.29) is 12.6 Å². The van der Waals surface area contributed by atoms with Gasteiger partial charge in [-0.1, -0.05) is 41.5 Å². The molecule has 0 amide bonds. The zero-order valence-electron chi connectivity index (χ0n) is 12.4. The van der Waals surface area contributed by atoms with Crippen LogP contribution in [0.25, 0.3) is 32.2 Å². The molecule has 1 aliphatic heterocycles. The first-order valence-electron chi connectivity index (χ1n) is 7.59. The molecule has 0 aliphatic carbocycles. The van der Waals surface area contributed by atoms with Gasteiger partial charge in [0.05, 0.1) is 31.4 Å². The Bertz CT molecular complexity index is 860. The lowest BCUT2D eigenvalue weighted by molar-refractivity contribution is -0.0413. The molecule has 2 heterocycles. The lowest BCUT2D eigenvalue weighted by atomic mass is 10.0. The summed E-state index contributed by atoms with van der Waals surface area (Å²) in [5.41, 5.74) is 10.8. The van der Waals surface area contributed by atoms with Crippen molar-refractivity contribution in [1.29, 1.82) is 0 Å². The largest absolute Gasteiger partial charge is 0.390 e. The van der Waals surface area contributed by atoms with Gasteiger partial charge in [0.15, 0.2) is 0 Å². The number of rotatable bonds is 2. The number of aliphatic hydroxyl groups excluding tert-OH is 1. The molecule has 3 atom stereocenters. The smallest absolute Gasteiger partial charge is 0.0888 e. The summed E-state index contributed by atoms with van der Waals surface area (Å²) in [5.74, 6) is 0. The number of nitrogens with zero attached hydrogens (tertiary/aromatic N) is 4. The van der Waals surface area contributed by atoms with E-state index in [1.807, 2.05) is 36.4 Å². The number of hydrogen-bond acceptors (Lipinski definition) is 3. The van der Waals surface area contributed by atoms with Gasteiger partial charge in [-0.15, -0.1) is 0 Å². The van der Waals surface area contributed by atoms with Gasteiger partial charge in [-0.05, 0) is 17.7 Å². The van der Waals surface area contributed by atoms with Gasteiger partial charge >= 0.3 is 0 Å². The fourth-order valence-electron chi connectivity index (χ4n) is 3.47. The molecule has 1 aromatic heterocycles. The Morgan fingerprint density at radius 3 is 2.26 bits per heavy atom. The van der Waals surface area contributed by atoms with Gasteiger partial charge in [0.1, 0.15) is 0 Å². The summed E-state index contributed by atoms with van der Waals surface area (Å²) in [6.45, 7) is 0.639. The minimum absolute atomic E-state index is 0.249. The third-order valence-corrected chi connectivity index (χ3v) is 4.51. The number of aromatic nitrogens is 1. The summed E-state index contributed by atoms with van der Waals surface area (Å²) in [7, 11) is 0. The van der Waals surface area contributed by atoms with E-state index < -0.39 is 12.1 Å². The van der Waals surface area contributed by atoms with E-state index in [2.05, 4.69) is 26.7 Å². The fourth-order valence-corrected chi connectivity index (χ4v) is 3.47. The first-order valence-corrected chi connectivity index (χ1v) is 7.59. The van der Waals surface area contributed by atoms with Gasteiger partial charge in [0, 0.05) is 26.7 Å². The second-order valence-corrected chi connectivity index (χ2v) is 5.77. The van der Waals surface area contributed by atoms with Crippen LogP contribution < -0.4 is 0 Å². The maximum absolute atomic E-state index is 10.7. The molecule has 0 bridgehead atoms. The van der Waals surface area contributed by atoms with Crippen LogP contribution in [0, 0.1) is 0 Å². The van der Waals surface area contributed by atoms with Crippen LogP contribution in [0.4, 0.5) is 0 Å². The van der Waals surface area contributed by atoms with E-state index in [1.54, 1.807) is 0 Å². The Morgan fingerprint density at radius 2 is 1.65 bits per heavy atom. The maximum Gasteiger partial charge on any atom is 0.0888 e. The van der Waals surface area contributed by atoms with Crippen molar-refractivity contribution in [3.63, 3.8) is 0 Å². The minimum atomic E-state index is -0.779. The van der Waals surface area contributed by atoms with E-state index in [0.717, 1.165) is 21.8 Å². The molecule has 1 saturated heterocycles. The van der Waals surface area contributed by atoms with Gasteiger partial charge < -0.3 is 14.4 Å². The quantitative estimate of drug-likeness (QED) is 0.447. The SMILES string of the molecule is [N-]=[N+]=NC1COCC(n2c3ccccc3c3ccccc32)C1O. The average molecular weight is 308 g/mol. The third kappa shape index (κ3) is 2.16. The number of ether oxygens (including phenoxy) is 1. The van der Waals surface area contributed by atoms with Gasteiger partial charge in [0.2, 0.25) is 0 Å². The molecule has 6 nitrogen and oxygen atoms in total. The molecule has 0 saturated carbocycles. The van der Waals surface area contributed by atoms with Gasteiger partial charge in [-0.25, -0.2) is 0 Å². The molecule has 1 fully saturated rings. The van der Waals surface area contributed by atoms with Crippen molar-refractivity contribution in [3.8, 4) is 0 Å². The minimum Gasteiger partial charge on any atom is -0.390 e. The Labute approximate surface area is 132 Å². The summed E-state index contributed by atoms with van der Waals surface area (Å²) < 4.78 is 7.70. The molecular weight excluding hydrogens is 292 g/mol. The predicted molar refractivity (Wildman–Crippen MR) is 88.2 cm³/mol. The highest BCUT2D eigenvalue weighted by atomic mass is 16.5. The van der Waals surface area contributed by atoms with E-state index in [9.17, 15) is 5.11 Å². The van der Waals surface area contributed by atoms with Crippen LogP contribution in [0.1, 0.15) is 6.04 Å². The van der Waals surface area contributed by atoms with Crippen molar-refractivity contribution >= 4 is 21.8 Å². The van der Waals surface area contributed by atoms with Crippen LogP contribution in [-0.4, -0.2) is 35.0 Å². The van der Waals surface area contributed by atoms with Crippen LogP contribution >= 0.6 is 0 Å². The van der Waals surface area contributed by atoms with Crippen molar-refractivity contribution < 1.29 is 9.84 Å². The van der Waals surface area contributed by atoms with Gasteiger partial charge in [-0.3, -0.25) is 0 Å². The number of benzene rings is 2. The number of hydrogen-bond donors (Lipinski definition) is 1. The molecule has 3 unspecified atom stereocenters. The predicted octanol–water partition coefficient (Wildman–Crippen LogP) is 3.41. The summed E-state index contributed by atoms with van der Waals surface area (Å²) in [6, 6.07) is 15.4. The van der Waals surface area contributed by atoms with Crippen molar-refractivity contribution in [1.82, 2.24) is 4.57 Å². The highest BCUT2D eigenvalue weighted by Gasteiger charge is 2.34. The molecule has 0 radical (unpaired) electrons. The molecule has 1 N–H and O–H groups in total. The number of azide groups is 1. The normalized spacial score (nSPS) is 24.7. The van der Waals surface area contributed by atoms with Crippen molar-refractivity contribution in [2.75, 3.05) is 13.2 Å². The van der Waals surface area contributed by atoms with Gasteiger partial charge in [0.25, 0.3) is 0 Å². The molecule has 4 rings (SSSR count). The lowest BCUT2D eigenvalue weighted by Crippen LogP contribution is -2.43. The molecule has 1 aliphatic rings. The van der Waals surface area contributed by atoms with E-state index in [0.29, 0.717) is 6.61 Å². The second-order valence-electron chi connectivity index (χ2n) is 5.77. The molecule has 23 heavy (non-hydrogen) atoms. The Kier molecular flexibility index (Phi) is 3.42. The first kappa shape index (κ1) is 14.1. The van der Waals surface area contributed by atoms with Crippen LogP contribution in [0.3, 0.4) is 0 Å². The second kappa shape index (κ2) is 5.59. The maximum atomic E-state index is 10.7. The zero-order chi connectivity index (χ0) is 15.8. The molecule has 6 heteroatoms. The highest BCUT2D eigenvalue weighted by molar-refractivity contribution is 6.08. The summed E-state index contributed by atoms with van der Waals surface area (Å²) >= 11 is 0. The molecular formula is C17H16N4O2. The summed E-state index contributed by atoms with van der Waals surface area (Å²) in [5, 5.41) is 16.6. The zero-order valence-corrected chi connectivity index (χ0v) is 12.4. The average Bonchev–Trinajstić information content (AvgIpc) is 2.92. The Balaban J connectivity index is 1.94. The molecule has 3 aromatic rings. The topological polar surface area (TPSA) is 83.2 Å². The van der Waals surface area contributed by atoms with Crippen molar-refractivity contribution in [3.05, 3.63) is 59.0 Å². The molecule has 116 valence electrons. The van der Waals surface area contributed by atoms with Crippen LogP contribution in [0.2, 0.25) is 0 Å². The monoisotopic (exact) mass is 308 g/mol.